The van der Waals surface area contributed by atoms with Crippen molar-refractivity contribution >= 4 is 29.8 Å². The maximum atomic E-state index is 13.1. The van der Waals surface area contributed by atoms with E-state index in [1.54, 1.807) is 5.01 Å². The van der Waals surface area contributed by atoms with Gasteiger partial charge in [0.1, 0.15) is 11.5 Å². The molecule has 4 rings (SSSR count). The summed E-state index contributed by atoms with van der Waals surface area (Å²) in [5.74, 6) is 1.61. The third kappa shape index (κ3) is 4.17. The molecule has 0 aliphatic carbocycles. The lowest BCUT2D eigenvalue weighted by molar-refractivity contribution is 0.0656. The maximum Gasteiger partial charge on any atom is 0.273 e. The smallest absolute Gasteiger partial charge is 0.273 e. The van der Waals surface area contributed by atoms with Crippen LogP contribution in [0.3, 0.4) is 0 Å². The van der Waals surface area contributed by atoms with Gasteiger partial charge in [0.15, 0.2) is 5.82 Å². The first-order valence-corrected chi connectivity index (χ1v) is 11.3. The fourth-order valence-electron chi connectivity index (χ4n) is 4.25. The van der Waals surface area contributed by atoms with Crippen LogP contribution >= 0.6 is 11.3 Å². The van der Waals surface area contributed by atoms with Crippen LogP contribution in [0.1, 0.15) is 48.1 Å². The second-order valence-electron chi connectivity index (χ2n) is 8.07. The highest BCUT2D eigenvalue weighted by atomic mass is 32.1. The summed E-state index contributed by atoms with van der Waals surface area (Å²) in [6.07, 6.45) is 7.92. The average molecular weight is 428 g/mol. The number of nitrogens with two attached hydrogens (primary N) is 1. The largest absolute Gasteiger partial charge is 0.355 e. The average Bonchev–Trinajstić information content (AvgIpc) is 3.37. The summed E-state index contributed by atoms with van der Waals surface area (Å²) in [5, 5.41) is 8.56. The van der Waals surface area contributed by atoms with Gasteiger partial charge < -0.3 is 15.5 Å². The number of amidine groups is 1. The first kappa shape index (κ1) is 20.7. The molecule has 3 aliphatic rings. The van der Waals surface area contributed by atoms with Gasteiger partial charge in [-0.3, -0.25) is 4.79 Å². The van der Waals surface area contributed by atoms with Crippen molar-refractivity contribution < 1.29 is 4.79 Å². The van der Waals surface area contributed by atoms with Crippen LogP contribution in [-0.2, 0) is 0 Å². The van der Waals surface area contributed by atoms with Gasteiger partial charge in [0, 0.05) is 49.5 Å². The number of likely N-dealkylation sites (tertiary alicyclic amines) is 2. The van der Waals surface area contributed by atoms with Crippen LogP contribution in [0.4, 0.5) is 0 Å². The zero-order valence-electron chi connectivity index (χ0n) is 17.6. The van der Waals surface area contributed by atoms with Gasteiger partial charge in [-0.15, -0.1) is 11.3 Å². The molecule has 1 aromatic heterocycles. The third-order valence-electron chi connectivity index (χ3n) is 5.79. The predicted molar refractivity (Wildman–Crippen MR) is 120 cm³/mol. The van der Waals surface area contributed by atoms with Crippen molar-refractivity contribution in [2.24, 2.45) is 15.8 Å². The van der Waals surface area contributed by atoms with Crippen LogP contribution < -0.4 is 5.73 Å². The Balaban J connectivity index is 1.63. The van der Waals surface area contributed by atoms with Gasteiger partial charge in [0.05, 0.1) is 11.0 Å². The molecular formula is C21H29N7OS. The van der Waals surface area contributed by atoms with Crippen molar-refractivity contribution in [3.8, 4) is 0 Å². The van der Waals surface area contributed by atoms with E-state index >= 15 is 0 Å². The molecule has 0 bridgehead atoms. The van der Waals surface area contributed by atoms with E-state index in [0.29, 0.717) is 11.5 Å². The molecule has 0 spiro atoms. The van der Waals surface area contributed by atoms with Crippen LogP contribution in [0.15, 0.2) is 39.1 Å². The highest BCUT2D eigenvalue weighted by molar-refractivity contribution is 7.09. The quantitative estimate of drug-likeness (QED) is 0.749. The van der Waals surface area contributed by atoms with Gasteiger partial charge in [-0.1, -0.05) is 0 Å². The van der Waals surface area contributed by atoms with Crippen molar-refractivity contribution in [2.75, 3.05) is 19.6 Å². The van der Waals surface area contributed by atoms with Crippen molar-refractivity contribution in [1.82, 2.24) is 19.8 Å². The number of thiazole rings is 1. The summed E-state index contributed by atoms with van der Waals surface area (Å²) in [5.41, 5.74) is 7.66. The monoisotopic (exact) mass is 427 g/mol. The molecule has 30 heavy (non-hydrogen) atoms. The Hall–Kier alpha value is -2.52. The van der Waals surface area contributed by atoms with Crippen LogP contribution in [0.25, 0.3) is 0 Å². The van der Waals surface area contributed by atoms with Crippen molar-refractivity contribution in [2.45, 2.75) is 51.6 Å². The SMILES string of the molecule is C=NN1C=C(C)C(N2CC[C@H](N)C2)=N/C1=C/C1CCCCN1C(=O)c1csc(C)n1. The van der Waals surface area contributed by atoms with Crippen molar-refractivity contribution in [1.29, 1.82) is 0 Å². The summed E-state index contributed by atoms with van der Waals surface area (Å²) >= 11 is 1.50. The number of carbonyl (C=O) groups excluding carboxylic acids is 1. The molecule has 2 atom stereocenters. The number of aliphatic imine (C=N–C) groups is 1. The van der Waals surface area contributed by atoms with E-state index in [2.05, 4.69) is 21.7 Å². The zero-order valence-corrected chi connectivity index (χ0v) is 18.4. The number of carbonyl (C=O) groups is 1. The molecule has 160 valence electrons. The van der Waals surface area contributed by atoms with E-state index in [4.69, 9.17) is 10.7 Å². The molecule has 1 unspecified atom stereocenters. The number of hydrazone groups is 1. The molecule has 2 fully saturated rings. The molecule has 1 amide bonds. The van der Waals surface area contributed by atoms with Gasteiger partial charge >= 0.3 is 0 Å². The Morgan fingerprint density at radius 3 is 2.83 bits per heavy atom. The standard InChI is InChI=1S/C21H29N7OS/c1-14-11-28(23-3)19(25-20(14)26-9-7-16(22)12-26)10-17-6-4-5-8-27(17)21(29)18-13-30-15(2)24-18/h10-11,13,16-17H,3-9,12,22H2,1-2H3/b19-10-/t16-,17?/m0/s1. The number of amides is 1. The lowest BCUT2D eigenvalue weighted by Crippen LogP contribution is -2.43. The lowest BCUT2D eigenvalue weighted by atomic mass is 10.0. The van der Waals surface area contributed by atoms with Gasteiger partial charge in [-0.25, -0.2) is 15.0 Å². The van der Waals surface area contributed by atoms with Crippen LogP contribution in [0, 0.1) is 6.92 Å². The zero-order chi connectivity index (χ0) is 21.3. The molecule has 0 saturated carbocycles. The highest BCUT2D eigenvalue weighted by Gasteiger charge is 2.30. The van der Waals surface area contributed by atoms with Gasteiger partial charge in [-0.2, -0.15) is 5.10 Å². The first-order chi connectivity index (χ1) is 14.5. The molecule has 4 heterocycles. The number of hydrogen-bond acceptors (Lipinski definition) is 8. The maximum absolute atomic E-state index is 13.1. The van der Waals surface area contributed by atoms with Gasteiger partial charge in [-0.05, 0) is 45.6 Å². The summed E-state index contributed by atoms with van der Waals surface area (Å²) in [4.78, 5) is 26.6. The molecule has 3 aliphatic heterocycles. The number of aromatic nitrogens is 1. The van der Waals surface area contributed by atoms with Crippen molar-refractivity contribution in [3.05, 3.63) is 39.8 Å². The molecule has 0 radical (unpaired) electrons. The van der Waals surface area contributed by atoms with Crippen LogP contribution in [0.2, 0.25) is 0 Å². The first-order valence-electron chi connectivity index (χ1n) is 10.4. The number of piperidine rings is 1. The topological polar surface area (TPSA) is 90.4 Å². The summed E-state index contributed by atoms with van der Waals surface area (Å²) in [6, 6.07) is 0.127. The van der Waals surface area contributed by atoms with E-state index in [1.165, 1.54) is 11.3 Å². The Labute approximate surface area is 181 Å². The second kappa shape index (κ2) is 8.69. The molecule has 9 heteroatoms. The molecular weight excluding hydrogens is 398 g/mol. The van der Waals surface area contributed by atoms with E-state index in [0.717, 1.165) is 61.7 Å². The summed E-state index contributed by atoms with van der Waals surface area (Å²) < 4.78 is 0. The third-order valence-corrected chi connectivity index (χ3v) is 6.56. The summed E-state index contributed by atoms with van der Waals surface area (Å²) in [7, 11) is 0. The van der Waals surface area contributed by atoms with E-state index in [9.17, 15) is 4.79 Å². The molecule has 2 saturated heterocycles. The number of rotatable bonds is 3. The number of hydrogen-bond donors (Lipinski definition) is 1. The number of aryl methyl sites for hydroxylation is 1. The molecule has 0 aromatic carbocycles. The summed E-state index contributed by atoms with van der Waals surface area (Å²) in [6.45, 7) is 10.1. The van der Waals surface area contributed by atoms with Gasteiger partial charge in [0.25, 0.3) is 5.91 Å². The van der Waals surface area contributed by atoms with E-state index < -0.39 is 0 Å². The fourth-order valence-corrected chi connectivity index (χ4v) is 4.83. The van der Waals surface area contributed by atoms with Crippen LogP contribution in [0.5, 0.6) is 0 Å². The lowest BCUT2D eigenvalue weighted by Gasteiger charge is -2.35. The molecule has 8 nitrogen and oxygen atoms in total. The van der Waals surface area contributed by atoms with Gasteiger partial charge in [0.2, 0.25) is 0 Å². The Kier molecular flexibility index (Phi) is 6.01. The molecule has 2 N–H and O–H groups in total. The minimum atomic E-state index is -0.0508. The normalized spacial score (nSPS) is 26.1. The minimum Gasteiger partial charge on any atom is -0.355 e. The van der Waals surface area contributed by atoms with Crippen LogP contribution in [-0.4, -0.2) is 70.0 Å². The van der Waals surface area contributed by atoms with E-state index in [1.807, 2.05) is 36.4 Å². The number of nitrogens with zero attached hydrogens (tertiary/aromatic N) is 6. The second-order valence-corrected chi connectivity index (χ2v) is 9.13. The minimum absolute atomic E-state index is 0.0173. The Bertz CT molecular complexity index is 918. The Morgan fingerprint density at radius 1 is 1.33 bits per heavy atom. The van der Waals surface area contributed by atoms with E-state index in [-0.39, 0.29) is 18.0 Å². The Morgan fingerprint density at radius 2 is 2.17 bits per heavy atom. The highest BCUT2D eigenvalue weighted by Crippen LogP contribution is 2.27. The molecule has 1 aromatic rings. The predicted octanol–water partition coefficient (Wildman–Crippen LogP) is 2.55. The fraction of sp³-hybridized carbons (Fsp3) is 0.524. The van der Waals surface area contributed by atoms with Crippen molar-refractivity contribution in [3.63, 3.8) is 0 Å².